The molecule has 6 nitrogen and oxygen atoms in total. The second-order valence-electron chi connectivity index (χ2n) is 7.37. The van der Waals surface area contributed by atoms with E-state index in [1.54, 1.807) is 6.92 Å². The second kappa shape index (κ2) is 10.8. The summed E-state index contributed by atoms with van der Waals surface area (Å²) in [6.45, 7) is 1.24. The summed E-state index contributed by atoms with van der Waals surface area (Å²) in [7, 11) is -4.26. The van der Waals surface area contributed by atoms with E-state index < -0.39 is 40.0 Å². The van der Waals surface area contributed by atoms with Gasteiger partial charge in [-0.05, 0) is 73.2 Å². The van der Waals surface area contributed by atoms with E-state index in [9.17, 15) is 30.8 Å². The maximum Gasteiger partial charge on any atom is 0.416 e. The van der Waals surface area contributed by atoms with E-state index in [-0.39, 0.29) is 22.7 Å². The molecule has 0 aliphatic heterocycles. The van der Waals surface area contributed by atoms with Gasteiger partial charge in [0.25, 0.3) is 10.0 Å². The number of halogens is 4. The van der Waals surface area contributed by atoms with E-state index in [0.29, 0.717) is 12.4 Å². The van der Waals surface area contributed by atoms with Crippen molar-refractivity contribution in [3.05, 3.63) is 89.7 Å². The number of carbonyl (C=O) groups excluding carboxylic acids is 1. The van der Waals surface area contributed by atoms with Crippen molar-refractivity contribution >= 4 is 21.6 Å². The first-order chi connectivity index (χ1) is 16.5. The van der Waals surface area contributed by atoms with Gasteiger partial charge in [0.1, 0.15) is 18.1 Å². The molecule has 0 spiro atoms. The summed E-state index contributed by atoms with van der Waals surface area (Å²) in [5.74, 6) is -0.902. The maximum absolute atomic E-state index is 13.4. The van der Waals surface area contributed by atoms with E-state index in [1.165, 1.54) is 48.5 Å². The minimum absolute atomic E-state index is 0.0366. The molecule has 0 radical (unpaired) electrons. The standard InChI is InChI=1S/C24H22F4N2O4S/c1-2-34-21-10-12-22(13-11-21)35(32,33)30(20-8-6-19(25)7-9-20)16-23(31)29-15-17-4-3-5-18(14-17)24(26,27)28/h3-14H,2,15-16H2,1H3,(H,29,31). The summed E-state index contributed by atoms with van der Waals surface area (Å²) in [6.07, 6.45) is -4.54. The van der Waals surface area contributed by atoms with Gasteiger partial charge < -0.3 is 10.1 Å². The van der Waals surface area contributed by atoms with Gasteiger partial charge in [-0.2, -0.15) is 13.2 Å². The smallest absolute Gasteiger partial charge is 0.416 e. The molecule has 0 heterocycles. The average Bonchev–Trinajstić information content (AvgIpc) is 2.82. The Balaban J connectivity index is 1.82. The van der Waals surface area contributed by atoms with Crippen molar-refractivity contribution in [2.75, 3.05) is 17.5 Å². The third-order valence-electron chi connectivity index (χ3n) is 4.87. The first kappa shape index (κ1) is 26.0. The number of nitrogens with one attached hydrogen (secondary N) is 1. The zero-order valence-corrected chi connectivity index (χ0v) is 19.4. The Morgan fingerprint density at radius 1 is 1.00 bits per heavy atom. The zero-order valence-electron chi connectivity index (χ0n) is 18.5. The lowest BCUT2D eigenvalue weighted by molar-refractivity contribution is -0.137. The van der Waals surface area contributed by atoms with Crippen molar-refractivity contribution in [2.45, 2.75) is 24.5 Å². The van der Waals surface area contributed by atoms with Crippen LogP contribution in [0.3, 0.4) is 0 Å². The number of amides is 1. The Morgan fingerprint density at radius 3 is 2.26 bits per heavy atom. The van der Waals surface area contributed by atoms with Gasteiger partial charge in [0.15, 0.2) is 0 Å². The molecule has 0 aromatic heterocycles. The number of hydrogen-bond acceptors (Lipinski definition) is 4. The minimum atomic E-state index is -4.54. The van der Waals surface area contributed by atoms with Crippen LogP contribution in [0.2, 0.25) is 0 Å². The molecule has 3 rings (SSSR count). The first-order valence-electron chi connectivity index (χ1n) is 10.4. The third-order valence-corrected chi connectivity index (χ3v) is 6.66. The second-order valence-corrected chi connectivity index (χ2v) is 9.23. The van der Waals surface area contributed by atoms with Gasteiger partial charge in [-0.25, -0.2) is 12.8 Å². The minimum Gasteiger partial charge on any atom is -0.494 e. The van der Waals surface area contributed by atoms with Gasteiger partial charge in [-0.3, -0.25) is 9.10 Å². The number of sulfonamides is 1. The Morgan fingerprint density at radius 2 is 1.66 bits per heavy atom. The number of carbonyl (C=O) groups is 1. The van der Waals surface area contributed by atoms with E-state index in [1.807, 2.05) is 0 Å². The molecule has 11 heteroatoms. The van der Waals surface area contributed by atoms with Crippen LogP contribution in [0.15, 0.2) is 77.7 Å². The molecule has 35 heavy (non-hydrogen) atoms. The van der Waals surface area contributed by atoms with Gasteiger partial charge in [0.05, 0.1) is 22.8 Å². The summed E-state index contributed by atoms with van der Waals surface area (Å²) in [5, 5.41) is 2.43. The SMILES string of the molecule is CCOc1ccc(S(=O)(=O)N(CC(=O)NCc2cccc(C(F)(F)F)c2)c2ccc(F)cc2)cc1. The number of anilines is 1. The topological polar surface area (TPSA) is 75.7 Å². The molecule has 1 amide bonds. The highest BCUT2D eigenvalue weighted by atomic mass is 32.2. The average molecular weight is 511 g/mol. The van der Waals surface area contributed by atoms with Crippen molar-refractivity contribution in [2.24, 2.45) is 0 Å². The maximum atomic E-state index is 13.4. The highest BCUT2D eigenvalue weighted by Crippen LogP contribution is 2.29. The van der Waals surface area contributed by atoms with Crippen molar-refractivity contribution in [3.63, 3.8) is 0 Å². The normalized spacial score (nSPS) is 11.7. The van der Waals surface area contributed by atoms with E-state index in [4.69, 9.17) is 4.74 Å². The first-order valence-corrected chi connectivity index (χ1v) is 11.9. The van der Waals surface area contributed by atoms with Crippen LogP contribution in [0.4, 0.5) is 23.2 Å². The molecule has 3 aromatic carbocycles. The van der Waals surface area contributed by atoms with Crippen molar-refractivity contribution in [1.29, 1.82) is 0 Å². The van der Waals surface area contributed by atoms with Crippen LogP contribution in [0.25, 0.3) is 0 Å². The predicted molar refractivity (Wildman–Crippen MR) is 122 cm³/mol. The van der Waals surface area contributed by atoms with Crippen LogP contribution in [0.5, 0.6) is 5.75 Å². The third kappa shape index (κ3) is 6.72. The van der Waals surface area contributed by atoms with Crippen LogP contribution >= 0.6 is 0 Å². The van der Waals surface area contributed by atoms with E-state index in [2.05, 4.69) is 5.32 Å². The summed E-state index contributed by atoms with van der Waals surface area (Å²) >= 11 is 0. The van der Waals surface area contributed by atoms with Gasteiger partial charge in [-0.15, -0.1) is 0 Å². The highest BCUT2D eigenvalue weighted by molar-refractivity contribution is 7.92. The number of alkyl halides is 3. The van der Waals surface area contributed by atoms with Crippen LogP contribution in [-0.2, 0) is 27.5 Å². The molecule has 0 saturated heterocycles. The number of benzene rings is 3. The lowest BCUT2D eigenvalue weighted by Crippen LogP contribution is -2.40. The molecular formula is C24H22F4N2O4S. The lowest BCUT2D eigenvalue weighted by Gasteiger charge is -2.24. The summed E-state index contributed by atoms with van der Waals surface area (Å²) < 4.78 is 85.0. The van der Waals surface area contributed by atoms with Crippen LogP contribution in [0, 0.1) is 5.82 Å². The van der Waals surface area contributed by atoms with E-state index in [0.717, 1.165) is 28.6 Å². The Labute approximate surface area is 200 Å². The fourth-order valence-corrected chi connectivity index (χ4v) is 4.59. The van der Waals surface area contributed by atoms with Gasteiger partial charge in [0.2, 0.25) is 5.91 Å². The zero-order chi connectivity index (χ0) is 25.6. The predicted octanol–water partition coefficient (Wildman–Crippen LogP) is 4.75. The Hall–Kier alpha value is -3.60. The molecular weight excluding hydrogens is 488 g/mol. The van der Waals surface area contributed by atoms with Crippen molar-refractivity contribution < 1.29 is 35.5 Å². The molecule has 3 aromatic rings. The fourth-order valence-electron chi connectivity index (χ4n) is 3.17. The molecule has 0 aliphatic carbocycles. The molecule has 1 N–H and O–H groups in total. The number of ether oxygens (including phenoxy) is 1. The van der Waals surface area contributed by atoms with Crippen molar-refractivity contribution in [3.8, 4) is 5.75 Å². The lowest BCUT2D eigenvalue weighted by atomic mass is 10.1. The molecule has 0 unspecified atom stereocenters. The fraction of sp³-hybridized carbons (Fsp3) is 0.208. The summed E-state index contributed by atoms with van der Waals surface area (Å²) in [4.78, 5) is 12.5. The van der Waals surface area contributed by atoms with Crippen LogP contribution < -0.4 is 14.4 Å². The molecule has 0 atom stereocenters. The summed E-state index contributed by atoms with van der Waals surface area (Å²) in [5.41, 5.74) is -0.638. The molecule has 0 bridgehead atoms. The number of nitrogens with zero attached hydrogens (tertiary/aromatic N) is 1. The summed E-state index contributed by atoms with van der Waals surface area (Å²) in [6, 6.07) is 14.5. The molecule has 186 valence electrons. The molecule has 0 aliphatic rings. The molecule has 0 fully saturated rings. The monoisotopic (exact) mass is 510 g/mol. The quantitative estimate of drug-likeness (QED) is 0.422. The highest BCUT2D eigenvalue weighted by Gasteiger charge is 2.30. The molecule has 0 saturated carbocycles. The van der Waals surface area contributed by atoms with E-state index >= 15 is 0 Å². The Bertz CT molecular complexity index is 1260. The number of hydrogen-bond donors (Lipinski definition) is 1. The van der Waals surface area contributed by atoms with Gasteiger partial charge >= 0.3 is 6.18 Å². The Kier molecular flexibility index (Phi) is 8.00. The largest absolute Gasteiger partial charge is 0.494 e. The van der Waals surface area contributed by atoms with Gasteiger partial charge in [-0.1, -0.05) is 12.1 Å². The van der Waals surface area contributed by atoms with Crippen LogP contribution in [-0.4, -0.2) is 27.5 Å². The van der Waals surface area contributed by atoms with Crippen molar-refractivity contribution in [1.82, 2.24) is 5.32 Å². The number of rotatable bonds is 9. The van der Waals surface area contributed by atoms with Gasteiger partial charge in [0, 0.05) is 6.54 Å². The van der Waals surface area contributed by atoms with Crippen LogP contribution in [0.1, 0.15) is 18.1 Å².